The van der Waals surface area contributed by atoms with E-state index in [1.165, 1.54) is 0 Å². The summed E-state index contributed by atoms with van der Waals surface area (Å²) in [5.74, 6) is -0.480. The highest BCUT2D eigenvalue weighted by molar-refractivity contribution is 6.62. The molecule has 2 N–H and O–H groups in total. The Kier molecular flexibility index (Phi) is 5.16. The summed E-state index contributed by atoms with van der Waals surface area (Å²) >= 11 is 0. The van der Waals surface area contributed by atoms with E-state index < -0.39 is 24.2 Å². The molecule has 0 unspecified atom stereocenters. The van der Waals surface area contributed by atoms with Crippen molar-refractivity contribution in [3.05, 3.63) is 52.6 Å². The summed E-state index contributed by atoms with van der Waals surface area (Å²) in [5, 5.41) is 0. The fourth-order valence-corrected chi connectivity index (χ4v) is 4.74. The quantitative estimate of drug-likeness (QED) is 0.620. The maximum atomic E-state index is 13.0. The smallest absolute Gasteiger partial charge is 0.399 e. The first-order valence-corrected chi connectivity index (χ1v) is 11.4. The Hall–Kier alpha value is -2.68. The lowest BCUT2D eigenvalue weighted by atomic mass is 9.76. The summed E-state index contributed by atoms with van der Waals surface area (Å²) in [5.41, 5.74) is 10.5. The molecule has 2 amide bonds. The van der Waals surface area contributed by atoms with E-state index in [2.05, 4.69) is 0 Å². The van der Waals surface area contributed by atoms with E-state index in [0.29, 0.717) is 43.9 Å². The molecule has 0 radical (unpaired) electrons. The van der Waals surface area contributed by atoms with E-state index in [1.807, 2.05) is 56.9 Å². The molecule has 2 aromatic rings. The van der Waals surface area contributed by atoms with Crippen LogP contribution in [0.15, 0.2) is 30.3 Å². The molecule has 5 rings (SSSR count). The number of primary amides is 1. The van der Waals surface area contributed by atoms with Gasteiger partial charge < -0.3 is 24.7 Å². The highest BCUT2D eigenvalue weighted by atomic mass is 16.7. The van der Waals surface area contributed by atoms with Gasteiger partial charge in [-0.05, 0) is 80.0 Å². The van der Waals surface area contributed by atoms with Crippen LogP contribution >= 0.6 is 0 Å². The number of carbonyl (C=O) groups is 2. The van der Waals surface area contributed by atoms with Gasteiger partial charge in [-0.2, -0.15) is 0 Å². The number of benzene rings is 2. The molecule has 0 atom stereocenters. The molecule has 2 saturated heterocycles. The number of ether oxygens (including phenoxy) is 1. The van der Waals surface area contributed by atoms with Crippen molar-refractivity contribution in [2.75, 3.05) is 26.3 Å². The van der Waals surface area contributed by atoms with Crippen molar-refractivity contribution in [2.45, 2.75) is 45.3 Å². The van der Waals surface area contributed by atoms with Crippen LogP contribution in [0.1, 0.15) is 59.5 Å². The molecule has 2 heterocycles. The largest absolute Gasteiger partial charge is 0.494 e. The minimum atomic E-state index is -0.593. The molecule has 33 heavy (non-hydrogen) atoms. The Morgan fingerprint density at radius 2 is 1.64 bits per heavy atom. The molecule has 0 bridgehead atoms. The van der Waals surface area contributed by atoms with Crippen molar-refractivity contribution in [2.24, 2.45) is 5.73 Å². The van der Waals surface area contributed by atoms with Crippen molar-refractivity contribution >= 4 is 24.4 Å². The van der Waals surface area contributed by atoms with Gasteiger partial charge in [0.25, 0.3) is 5.91 Å². The summed E-state index contributed by atoms with van der Waals surface area (Å²) in [6, 6.07) is 9.57. The SMILES string of the molecule is CC1(C)OB(c2cc(C(N)=O)c3c(c2)-c2ccc(C(=O)N4CCOCC4)cc2C3)OC1(C)C. The maximum absolute atomic E-state index is 13.0. The van der Waals surface area contributed by atoms with Gasteiger partial charge in [0.2, 0.25) is 5.91 Å². The summed E-state index contributed by atoms with van der Waals surface area (Å²) in [7, 11) is -0.593. The average Bonchev–Trinajstić information content (AvgIpc) is 3.25. The highest BCUT2D eigenvalue weighted by Crippen LogP contribution is 2.40. The number of amides is 2. The minimum absolute atomic E-state index is 0.00471. The summed E-state index contributed by atoms with van der Waals surface area (Å²) in [6.45, 7) is 10.3. The Labute approximate surface area is 194 Å². The number of nitrogens with two attached hydrogens (primary N) is 1. The van der Waals surface area contributed by atoms with Crippen LogP contribution in [-0.2, 0) is 20.5 Å². The van der Waals surface area contributed by atoms with Crippen LogP contribution in [0.2, 0.25) is 0 Å². The van der Waals surface area contributed by atoms with Crippen molar-refractivity contribution in [1.29, 1.82) is 0 Å². The van der Waals surface area contributed by atoms with Gasteiger partial charge in [-0.25, -0.2) is 0 Å². The Bertz CT molecular complexity index is 1140. The van der Waals surface area contributed by atoms with Crippen molar-refractivity contribution in [3.8, 4) is 11.1 Å². The molecule has 3 aliphatic rings. The van der Waals surface area contributed by atoms with Crippen LogP contribution in [-0.4, -0.2) is 61.3 Å². The standard InChI is InChI=1S/C25H29BN2O5/c1-24(2)25(3,4)33-26(32-24)17-13-20-18-6-5-15(23(30)28-7-9-31-10-8-28)11-16(18)12-19(20)21(14-17)22(27)29/h5-6,11,13-14H,7-10,12H2,1-4H3,(H2,27,29). The maximum Gasteiger partial charge on any atom is 0.494 e. The highest BCUT2D eigenvalue weighted by Gasteiger charge is 2.52. The van der Waals surface area contributed by atoms with E-state index >= 15 is 0 Å². The van der Waals surface area contributed by atoms with E-state index in [4.69, 9.17) is 19.8 Å². The van der Waals surface area contributed by atoms with Gasteiger partial charge in [-0.1, -0.05) is 12.1 Å². The van der Waals surface area contributed by atoms with E-state index in [-0.39, 0.29) is 5.91 Å². The monoisotopic (exact) mass is 448 g/mol. The lowest BCUT2D eigenvalue weighted by Crippen LogP contribution is -2.41. The van der Waals surface area contributed by atoms with E-state index in [0.717, 1.165) is 27.7 Å². The van der Waals surface area contributed by atoms with Gasteiger partial charge in [-0.15, -0.1) is 0 Å². The summed E-state index contributed by atoms with van der Waals surface area (Å²) in [6.07, 6.45) is 0.552. The topological polar surface area (TPSA) is 91.1 Å². The molecule has 0 spiro atoms. The first kappa shape index (κ1) is 22.1. The lowest BCUT2D eigenvalue weighted by Gasteiger charge is -2.32. The number of nitrogens with zero attached hydrogens (tertiary/aromatic N) is 1. The first-order valence-electron chi connectivity index (χ1n) is 11.4. The molecular formula is C25H29BN2O5. The number of fused-ring (bicyclic) bond motifs is 3. The van der Waals surface area contributed by atoms with Crippen LogP contribution in [0.25, 0.3) is 11.1 Å². The van der Waals surface area contributed by atoms with E-state index in [9.17, 15) is 9.59 Å². The van der Waals surface area contributed by atoms with Crippen molar-refractivity contribution in [3.63, 3.8) is 0 Å². The van der Waals surface area contributed by atoms with Crippen LogP contribution < -0.4 is 11.2 Å². The minimum Gasteiger partial charge on any atom is -0.399 e. The van der Waals surface area contributed by atoms with Crippen LogP contribution in [0.4, 0.5) is 0 Å². The molecule has 2 aliphatic heterocycles. The van der Waals surface area contributed by atoms with Crippen molar-refractivity contribution in [1.82, 2.24) is 4.90 Å². The second kappa shape index (κ2) is 7.69. The van der Waals surface area contributed by atoms with Gasteiger partial charge >= 0.3 is 7.12 Å². The number of morpholine rings is 1. The predicted octanol–water partition coefficient (Wildman–Crippen LogP) is 2.13. The Morgan fingerprint density at radius 3 is 2.27 bits per heavy atom. The number of rotatable bonds is 3. The third-order valence-electron chi connectivity index (χ3n) is 7.37. The zero-order valence-corrected chi connectivity index (χ0v) is 19.6. The van der Waals surface area contributed by atoms with E-state index in [1.54, 1.807) is 6.07 Å². The zero-order valence-electron chi connectivity index (χ0n) is 19.6. The molecule has 7 nitrogen and oxygen atoms in total. The van der Waals surface area contributed by atoms with Gasteiger partial charge in [0, 0.05) is 24.2 Å². The van der Waals surface area contributed by atoms with Crippen LogP contribution in [0, 0.1) is 0 Å². The Morgan fingerprint density at radius 1 is 0.970 bits per heavy atom. The number of hydrogen-bond acceptors (Lipinski definition) is 5. The molecular weight excluding hydrogens is 419 g/mol. The van der Waals surface area contributed by atoms with Gasteiger partial charge in [0.1, 0.15) is 0 Å². The van der Waals surface area contributed by atoms with Gasteiger partial charge in [0.15, 0.2) is 0 Å². The summed E-state index contributed by atoms with van der Waals surface area (Å²) < 4.78 is 17.8. The third-order valence-corrected chi connectivity index (χ3v) is 7.37. The predicted molar refractivity (Wildman–Crippen MR) is 126 cm³/mol. The molecule has 0 aromatic heterocycles. The molecule has 2 fully saturated rings. The fraction of sp³-hybridized carbons (Fsp3) is 0.440. The molecule has 172 valence electrons. The lowest BCUT2D eigenvalue weighted by molar-refractivity contribution is 0.00578. The van der Waals surface area contributed by atoms with Crippen molar-refractivity contribution < 1.29 is 23.6 Å². The second-order valence-corrected chi connectivity index (χ2v) is 10.0. The number of carbonyl (C=O) groups excluding carboxylic acids is 2. The third kappa shape index (κ3) is 3.66. The molecule has 1 aliphatic carbocycles. The number of hydrogen-bond donors (Lipinski definition) is 1. The fourth-order valence-electron chi connectivity index (χ4n) is 4.74. The normalized spacial score (nSPS) is 20.5. The van der Waals surface area contributed by atoms with Gasteiger partial charge in [0.05, 0.1) is 24.4 Å². The first-order chi connectivity index (χ1) is 15.6. The molecule has 2 aromatic carbocycles. The van der Waals surface area contributed by atoms with Crippen LogP contribution in [0.3, 0.4) is 0 Å². The average molecular weight is 448 g/mol. The molecule has 8 heteroatoms. The molecule has 0 saturated carbocycles. The second-order valence-electron chi connectivity index (χ2n) is 10.0. The van der Waals surface area contributed by atoms with Gasteiger partial charge in [-0.3, -0.25) is 9.59 Å². The Balaban J connectivity index is 1.52. The summed E-state index contributed by atoms with van der Waals surface area (Å²) in [4.78, 5) is 27.2. The zero-order chi connectivity index (χ0) is 23.5. The van der Waals surface area contributed by atoms with Crippen LogP contribution in [0.5, 0.6) is 0 Å².